The molecule has 2 saturated heterocycles. The van der Waals surface area contributed by atoms with Crippen molar-refractivity contribution in [3.63, 3.8) is 0 Å². The lowest BCUT2D eigenvalue weighted by Crippen LogP contribution is -2.43. The number of anilines is 4. The second-order valence-corrected chi connectivity index (χ2v) is 17.3. The van der Waals surface area contributed by atoms with E-state index in [9.17, 15) is 19.2 Å². The average molecular weight is 875 g/mol. The minimum absolute atomic E-state index is 0.0257. The van der Waals surface area contributed by atoms with Crippen LogP contribution in [-0.4, -0.2) is 110 Å². The highest BCUT2D eigenvalue weighted by Gasteiger charge is 2.45. The number of hydrogen-bond donors (Lipinski definition) is 2. The minimum atomic E-state index is -0.317. The maximum absolute atomic E-state index is 14.6. The first-order valence-electron chi connectivity index (χ1n) is 21.6. The Hall–Kier alpha value is -7.12. The van der Waals surface area contributed by atoms with Crippen molar-refractivity contribution in [3.05, 3.63) is 83.0 Å². The zero-order valence-electron chi connectivity index (χ0n) is 37.0. The predicted molar refractivity (Wildman–Crippen MR) is 241 cm³/mol. The van der Waals surface area contributed by atoms with E-state index in [1.807, 2.05) is 23.0 Å². The molecule has 3 unspecified atom stereocenters. The number of nitrogens with one attached hydrogen (secondary N) is 2. The lowest BCUT2D eigenvalue weighted by molar-refractivity contribution is -0.129. The number of fused-ring (bicyclic) bond motifs is 2. The Labute approximate surface area is 368 Å². The van der Waals surface area contributed by atoms with Gasteiger partial charge in [-0.2, -0.15) is 0 Å². The molecule has 3 fully saturated rings. The Morgan fingerprint density at radius 2 is 1.30 bits per heavy atom. The summed E-state index contributed by atoms with van der Waals surface area (Å²) < 4.78 is 21.5. The number of rotatable bonds is 13. The number of carbonyl (C=O) groups excluding carboxylic acids is 2. The topological polar surface area (TPSA) is 198 Å². The van der Waals surface area contributed by atoms with Crippen LogP contribution in [0.4, 0.5) is 22.7 Å². The van der Waals surface area contributed by atoms with Crippen molar-refractivity contribution >= 4 is 56.6 Å². The van der Waals surface area contributed by atoms with E-state index in [0.717, 1.165) is 6.42 Å². The molecular weight excluding hydrogens is 821 g/mol. The average Bonchev–Trinajstić information content (AvgIpc) is 3.62. The van der Waals surface area contributed by atoms with E-state index < -0.39 is 0 Å². The van der Waals surface area contributed by atoms with Gasteiger partial charge in [0.1, 0.15) is 33.4 Å². The lowest BCUT2D eigenvalue weighted by atomic mass is 10.0. The summed E-state index contributed by atoms with van der Waals surface area (Å²) in [6, 6.07) is -0.877. The van der Waals surface area contributed by atoms with Gasteiger partial charge in [-0.05, 0) is 52.0 Å². The van der Waals surface area contributed by atoms with Crippen LogP contribution >= 0.6 is 0 Å². The van der Waals surface area contributed by atoms with Gasteiger partial charge in [0.2, 0.25) is 11.8 Å². The monoisotopic (exact) mass is 874 g/mol. The molecule has 2 aliphatic heterocycles. The molecular formula is C44H54N14O6. The van der Waals surface area contributed by atoms with Gasteiger partial charge in [0, 0.05) is 76.2 Å². The molecule has 1 aliphatic carbocycles. The van der Waals surface area contributed by atoms with Gasteiger partial charge in [-0.15, -0.1) is 10.2 Å². The van der Waals surface area contributed by atoms with Crippen LogP contribution in [-0.2, 0) is 23.7 Å². The van der Waals surface area contributed by atoms with Crippen molar-refractivity contribution in [2.24, 2.45) is 20.0 Å². The maximum Gasteiger partial charge on any atom is 0.277 e. The molecule has 20 nitrogen and oxygen atoms in total. The number of hydrogen-bond acceptors (Lipinski definition) is 12. The summed E-state index contributed by atoms with van der Waals surface area (Å²) in [4.78, 5) is 69.0. The van der Waals surface area contributed by atoms with Crippen molar-refractivity contribution in [3.8, 4) is 11.8 Å². The third-order valence-corrected chi connectivity index (χ3v) is 12.8. The second kappa shape index (κ2) is 16.5. The van der Waals surface area contributed by atoms with Gasteiger partial charge >= 0.3 is 0 Å². The summed E-state index contributed by atoms with van der Waals surface area (Å²) in [5, 5.41) is 15.6. The van der Waals surface area contributed by atoms with Crippen LogP contribution in [0.5, 0.6) is 11.8 Å². The predicted octanol–water partition coefficient (Wildman–Crippen LogP) is 4.59. The number of likely N-dealkylation sites (tertiary alicyclic amines) is 2. The Kier molecular flexibility index (Phi) is 10.9. The molecule has 1 saturated carbocycles. The van der Waals surface area contributed by atoms with Crippen molar-refractivity contribution in [2.75, 3.05) is 51.0 Å². The fraction of sp³-hybridized carbons (Fsp3) is 0.455. The first kappa shape index (κ1) is 42.2. The number of imidazole rings is 2. The van der Waals surface area contributed by atoms with Crippen molar-refractivity contribution in [2.45, 2.75) is 70.1 Å². The highest BCUT2D eigenvalue weighted by Crippen LogP contribution is 2.50. The summed E-state index contributed by atoms with van der Waals surface area (Å²) in [5.74, 6) is 0.173. The number of amides is 2. The van der Waals surface area contributed by atoms with Gasteiger partial charge in [0.25, 0.3) is 22.9 Å². The summed E-state index contributed by atoms with van der Waals surface area (Å²) in [6.07, 6.45) is 15.2. The Bertz CT molecular complexity index is 2950. The molecule has 6 aromatic rings. The number of ether oxygens (including phenoxy) is 2. The number of aromatic nitrogens is 10. The fourth-order valence-corrected chi connectivity index (χ4v) is 9.47. The molecule has 0 aromatic carbocycles. The van der Waals surface area contributed by atoms with E-state index in [1.165, 1.54) is 13.2 Å². The van der Waals surface area contributed by atoms with Gasteiger partial charge < -0.3 is 48.2 Å². The Morgan fingerprint density at radius 3 is 1.86 bits per heavy atom. The third-order valence-electron chi connectivity index (χ3n) is 12.8. The maximum atomic E-state index is 14.6. The van der Waals surface area contributed by atoms with Crippen LogP contribution in [0.2, 0.25) is 0 Å². The van der Waals surface area contributed by atoms with Crippen molar-refractivity contribution in [1.29, 1.82) is 0 Å². The van der Waals surface area contributed by atoms with Gasteiger partial charge in [-0.25, -0.2) is 9.97 Å². The smallest absolute Gasteiger partial charge is 0.277 e. The molecule has 2 N–H and O–H groups in total. The Morgan fingerprint density at radius 1 is 0.766 bits per heavy atom. The summed E-state index contributed by atoms with van der Waals surface area (Å²) in [5.41, 5.74) is 4.25. The van der Waals surface area contributed by atoms with Gasteiger partial charge in [-0.3, -0.25) is 28.5 Å². The summed E-state index contributed by atoms with van der Waals surface area (Å²) in [7, 11) is 6.68. The van der Waals surface area contributed by atoms with Gasteiger partial charge in [-0.1, -0.05) is 13.2 Å². The molecule has 336 valence electrons. The lowest BCUT2D eigenvalue weighted by Gasteiger charge is -2.34. The van der Waals surface area contributed by atoms with E-state index in [-0.39, 0.29) is 53.0 Å². The Balaban J connectivity index is 0.998. The van der Waals surface area contributed by atoms with Crippen LogP contribution in [0, 0.1) is 5.92 Å². The zero-order valence-corrected chi connectivity index (χ0v) is 37.0. The van der Waals surface area contributed by atoms with Crippen molar-refractivity contribution in [1.82, 2.24) is 57.6 Å². The molecule has 8 heterocycles. The summed E-state index contributed by atoms with van der Waals surface area (Å²) in [6.45, 7) is 13.8. The highest BCUT2D eigenvalue weighted by atomic mass is 16.5. The van der Waals surface area contributed by atoms with Crippen LogP contribution in [0.15, 0.2) is 71.8 Å². The van der Waals surface area contributed by atoms with Gasteiger partial charge in [0.15, 0.2) is 0 Å². The largest absolute Gasteiger partial charge is 0.478 e. The highest BCUT2D eigenvalue weighted by molar-refractivity contribution is 5.95. The van der Waals surface area contributed by atoms with Crippen LogP contribution < -0.4 is 31.2 Å². The van der Waals surface area contributed by atoms with E-state index in [2.05, 4.69) is 39.0 Å². The number of pyridine rings is 2. The molecule has 6 aromatic heterocycles. The quantitative estimate of drug-likeness (QED) is 0.153. The molecule has 0 spiro atoms. The molecule has 0 radical (unpaired) electrons. The van der Waals surface area contributed by atoms with Crippen LogP contribution in [0.25, 0.3) is 22.1 Å². The first-order chi connectivity index (χ1) is 30.8. The second-order valence-electron chi connectivity index (χ2n) is 17.3. The van der Waals surface area contributed by atoms with E-state index >= 15 is 0 Å². The SMILES string of the molecule is C=CC(=O)N1CCCC(n2cc(Nc3cn(C)nc3OC)c3ncn([C@@H]4CC4C(=C)C(=O)N4CCCC(n5cc(Nc6cn(C)nc6OC)c6ncn(C(C)C)c6c5=O)C4)c3c2=O)C1. The minimum Gasteiger partial charge on any atom is -0.478 e. The first-order valence-corrected chi connectivity index (χ1v) is 21.6. The number of piperidine rings is 2. The molecule has 4 atom stereocenters. The van der Waals surface area contributed by atoms with Crippen molar-refractivity contribution < 1.29 is 19.1 Å². The van der Waals surface area contributed by atoms with E-state index in [4.69, 9.17) is 14.5 Å². The number of nitrogens with zero attached hydrogens (tertiary/aromatic N) is 12. The molecule has 2 amide bonds. The van der Waals surface area contributed by atoms with E-state index in [0.29, 0.717) is 114 Å². The molecule has 3 aliphatic rings. The summed E-state index contributed by atoms with van der Waals surface area (Å²) >= 11 is 0. The van der Waals surface area contributed by atoms with Gasteiger partial charge in [0.05, 0.1) is 62.7 Å². The molecule has 64 heavy (non-hydrogen) atoms. The third kappa shape index (κ3) is 7.38. The number of carbonyl (C=O) groups is 2. The number of aryl methyl sites for hydroxylation is 2. The van der Waals surface area contributed by atoms with E-state index in [1.54, 1.807) is 86.9 Å². The number of methoxy groups -OCH3 is 2. The standard InChI is InChI=1S/C44H54N14O6/c1-9-35(59)53-14-10-12-27(17-53)55-22-31(48-33-20-52(6)50-41(33)64-8)37-39(44(55)62)58(24-46-37)34-16-29(34)26(4)42(60)54-15-11-13-28(18-54)56-21-30(47-32-19-51(5)49-40(32)63-7)36-38(43(56)61)57(23-45-36)25(2)3/h9,19-25,27-29,34,47-48H,1,4,10-18H2,2-3,5-8H3/t27?,28?,29?,34-/m1/s1. The molecule has 20 heteroatoms. The van der Waals surface area contributed by atoms with Crippen LogP contribution in [0.3, 0.4) is 0 Å². The fourth-order valence-electron chi connectivity index (χ4n) is 9.47. The van der Waals surface area contributed by atoms with Crippen LogP contribution in [0.1, 0.15) is 70.1 Å². The zero-order chi connectivity index (χ0) is 45.1. The normalized spacial score (nSPS) is 19.9. The molecule has 0 bridgehead atoms. The molecule has 9 rings (SSSR count).